The first-order chi connectivity index (χ1) is 22.1. The van der Waals surface area contributed by atoms with Gasteiger partial charge >= 0.3 is 11.9 Å². The quantitative estimate of drug-likeness (QED) is 0.0758. The Hall–Kier alpha value is -3.22. The van der Waals surface area contributed by atoms with E-state index in [1.165, 1.54) is 39.8 Å². The number of rotatable bonds is 18. The fourth-order valence-corrected chi connectivity index (χ4v) is 7.69. The highest BCUT2D eigenvalue weighted by Gasteiger charge is 2.54. The number of hydrogen-bond donors (Lipinski definition) is 2. The van der Waals surface area contributed by atoms with Crippen LogP contribution >= 0.6 is 34.9 Å². The van der Waals surface area contributed by atoms with Crippen LogP contribution in [-0.2, 0) is 41.6 Å². The van der Waals surface area contributed by atoms with E-state index in [1.54, 1.807) is 10.1 Å². The third-order valence-corrected chi connectivity index (χ3v) is 10.2. The van der Waals surface area contributed by atoms with Crippen molar-refractivity contribution >= 4 is 63.7 Å². The molecular formula is C28H41N9O6S3. The fraction of sp³-hybridized carbons (Fsp3) is 0.643. The van der Waals surface area contributed by atoms with Gasteiger partial charge < -0.3 is 25.4 Å². The van der Waals surface area contributed by atoms with Crippen molar-refractivity contribution in [2.24, 2.45) is 0 Å². The standard InChI is InChI=1S/C28H41N9O6S3/c1-5-7-8-10-20(39)42-21(9-6-2)43-26(41)23-17(15-46-28-32-33-34-36(28)12-11-35(3)4)14-44-25-22(24(40)37(23)25)31-19(38)13-18-16-45-27(29)30-18/h16,21-22,25H,5-15H2,1-4H3,(H2,29,30)(H,31,38)/t21?,22-,25-/m1/s1. The molecule has 252 valence electrons. The lowest BCUT2D eigenvalue weighted by molar-refractivity contribution is -0.188. The molecule has 18 heteroatoms. The number of nitrogens with two attached hydrogens (primary N) is 1. The van der Waals surface area contributed by atoms with Crippen molar-refractivity contribution < 1.29 is 28.7 Å². The van der Waals surface area contributed by atoms with Crippen molar-refractivity contribution in [2.75, 3.05) is 37.9 Å². The summed E-state index contributed by atoms with van der Waals surface area (Å²) < 4.78 is 13.0. The topological polar surface area (TPSA) is 188 Å². The van der Waals surface area contributed by atoms with Crippen LogP contribution in [0.5, 0.6) is 0 Å². The first-order valence-electron chi connectivity index (χ1n) is 15.2. The molecule has 1 saturated heterocycles. The van der Waals surface area contributed by atoms with E-state index in [4.69, 9.17) is 15.2 Å². The van der Waals surface area contributed by atoms with Gasteiger partial charge in [0.15, 0.2) is 5.13 Å². The van der Waals surface area contributed by atoms with E-state index in [2.05, 4.69) is 25.8 Å². The maximum atomic E-state index is 13.8. The molecule has 2 aromatic rings. The van der Waals surface area contributed by atoms with Crippen LogP contribution < -0.4 is 11.1 Å². The molecular weight excluding hydrogens is 655 g/mol. The smallest absolute Gasteiger partial charge is 0.358 e. The molecule has 4 heterocycles. The van der Waals surface area contributed by atoms with Gasteiger partial charge in [-0.25, -0.2) is 14.5 Å². The SMILES string of the molecule is CCCCCC(=O)OC(CCC)OC(=O)C1=C(CSc2nnnn2CCN(C)C)CS[C@@H]2[C@H](NC(=O)Cc3csc(N)n3)C(=O)N12. The van der Waals surface area contributed by atoms with Crippen LogP contribution in [-0.4, -0.2) is 109 Å². The Morgan fingerprint density at radius 3 is 2.72 bits per heavy atom. The van der Waals surface area contributed by atoms with E-state index in [9.17, 15) is 19.2 Å². The molecule has 46 heavy (non-hydrogen) atoms. The third kappa shape index (κ3) is 9.42. The fourth-order valence-electron chi connectivity index (χ4n) is 4.74. The second kappa shape index (κ2) is 17.1. The lowest BCUT2D eigenvalue weighted by atomic mass is 10.0. The van der Waals surface area contributed by atoms with Gasteiger partial charge in [0.25, 0.3) is 5.91 Å². The summed E-state index contributed by atoms with van der Waals surface area (Å²) in [6.07, 6.45) is 2.59. The lowest BCUT2D eigenvalue weighted by Gasteiger charge is -2.49. The number of aromatic nitrogens is 5. The second-order valence-electron chi connectivity index (χ2n) is 11.1. The number of thiazole rings is 1. The van der Waals surface area contributed by atoms with Crippen molar-refractivity contribution in [1.29, 1.82) is 0 Å². The molecule has 2 aliphatic rings. The molecule has 2 amide bonds. The Labute approximate surface area is 280 Å². The molecule has 0 aliphatic carbocycles. The Bertz CT molecular complexity index is 1410. The number of esters is 2. The number of unbranched alkanes of at least 4 members (excludes halogenated alkanes) is 2. The number of anilines is 1. The number of hydrogen-bond acceptors (Lipinski definition) is 15. The Balaban J connectivity index is 1.51. The zero-order valence-corrected chi connectivity index (χ0v) is 28.9. The molecule has 0 spiro atoms. The van der Waals surface area contributed by atoms with Crippen molar-refractivity contribution in [3.8, 4) is 0 Å². The minimum atomic E-state index is -1.09. The van der Waals surface area contributed by atoms with Crippen molar-refractivity contribution in [3.05, 3.63) is 22.3 Å². The van der Waals surface area contributed by atoms with E-state index in [1.807, 2.05) is 32.8 Å². The minimum Gasteiger partial charge on any atom is -0.425 e. The number of fused-ring (bicyclic) bond motifs is 1. The predicted octanol–water partition coefficient (Wildman–Crippen LogP) is 2.06. The van der Waals surface area contributed by atoms with Crippen molar-refractivity contribution in [3.63, 3.8) is 0 Å². The summed E-state index contributed by atoms with van der Waals surface area (Å²) in [5.74, 6) is -1.29. The third-order valence-electron chi connectivity index (χ3n) is 7.11. The van der Waals surface area contributed by atoms with Gasteiger partial charge in [-0.05, 0) is 42.9 Å². The Kier molecular flexibility index (Phi) is 13.2. The lowest BCUT2D eigenvalue weighted by Crippen LogP contribution is -2.70. The molecule has 0 saturated carbocycles. The zero-order valence-electron chi connectivity index (χ0n) is 26.5. The van der Waals surface area contributed by atoms with Crippen LogP contribution in [0.1, 0.15) is 58.1 Å². The molecule has 0 radical (unpaired) electrons. The number of nitrogens with one attached hydrogen (secondary N) is 1. The summed E-state index contributed by atoms with van der Waals surface area (Å²) in [7, 11) is 3.91. The molecule has 3 N–H and O–H groups in total. The largest absolute Gasteiger partial charge is 0.425 e. The van der Waals surface area contributed by atoms with Crippen LogP contribution in [0.3, 0.4) is 0 Å². The van der Waals surface area contributed by atoms with E-state index in [0.717, 1.165) is 19.4 Å². The number of likely N-dealkylation sites (N-methyl/N-ethyl adjacent to an activating group) is 1. The van der Waals surface area contributed by atoms with Crippen molar-refractivity contribution in [1.82, 2.24) is 40.3 Å². The summed E-state index contributed by atoms with van der Waals surface area (Å²) in [6.45, 7) is 5.25. The zero-order chi connectivity index (χ0) is 33.2. The van der Waals surface area contributed by atoms with Gasteiger partial charge in [-0.2, -0.15) is 0 Å². The number of carbonyl (C=O) groups is 4. The number of carbonyl (C=O) groups excluding carboxylic acids is 4. The van der Waals surface area contributed by atoms with Crippen LogP contribution in [0.2, 0.25) is 0 Å². The average Bonchev–Trinajstić information content (AvgIpc) is 3.65. The Morgan fingerprint density at radius 2 is 2.02 bits per heavy atom. The highest BCUT2D eigenvalue weighted by Crippen LogP contribution is 2.42. The highest BCUT2D eigenvalue weighted by molar-refractivity contribution is 8.01. The monoisotopic (exact) mass is 695 g/mol. The first-order valence-corrected chi connectivity index (χ1v) is 18.1. The molecule has 1 fully saturated rings. The molecule has 2 aromatic heterocycles. The average molecular weight is 696 g/mol. The molecule has 1 unspecified atom stereocenters. The number of amides is 2. The summed E-state index contributed by atoms with van der Waals surface area (Å²) in [5, 5.41) is 16.9. The molecule has 0 aromatic carbocycles. The van der Waals surface area contributed by atoms with Gasteiger partial charge in [0, 0.05) is 36.3 Å². The van der Waals surface area contributed by atoms with Crippen LogP contribution in [0.4, 0.5) is 5.13 Å². The normalized spacial score (nSPS) is 18.3. The number of thioether (sulfide) groups is 2. The van der Waals surface area contributed by atoms with Crippen LogP contribution in [0, 0.1) is 0 Å². The van der Waals surface area contributed by atoms with Gasteiger partial charge in [-0.1, -0.05) is 38.5 Å². The van der Waals surface area contributed by atoms with E-state index < -0.39 is 35.6 Å². The molecule has 4 rings (SSSR count). The highest BCUT2D eigenvalue weighted by atomic mass is 32.2. The number of ether oxygens (including phenoxy) is 2. The second-order valence-corrected chi connectivity index (χ2v) is 14.0. The molecule has 15 nitrogen and oxygen atoms in total. The maximum Gasteiger partial charge on any atom is 0.358 e. The predicted molar refractivity (Wildman–Crippen MR) is 174 cm³/mol. The number of nitrogens with zero attached hydrogens (tertiary/aromatic N) is 7. The van der Waals surface area contributed by atoms with Crippen molar-refractivity contribution in [2.45, 2.75) is 88.2 Å². The van der Waals surface area contributed by atoms with Crippen LogP contribution in [0.25, 0.3) is 0 Å². The maximum absolute atomic E-state index is 13.8. The van der Waals surface area contributed by atoms with Gasteiger partial charge in [-0.3, -0.25) is 19.3 Å². The van der Waals surface area contributed by atoms with Gasteiger partial charge in [-0.15, -0.1) is 28.2 Å². The van der Waals surface area contributed by atoms with Gasteiger partial charge in [0.1, 0.15) is 17.1 Å². The molecule has 0 bridgehead atoms. The molecule has 3 atom stereocenters. The number of nitrogen functional groups attached to an aromatic ring is 1. The summed E-state index contributed by atoms with van der Waals surface area (Å²) in [5.41, 5.74) is 6.94. The van der Waals surface area contributed by atoms with E-state index in [-0.39, 0.29) is 24.4 Å². The van der Waals surface area contributed by atoms with Crippen LogP contribution in [0.15, 0.2) is 21.8 Å². The van der Waals surface area contributed by atoms with Gasteiger partial charge in [0.05, 0.1) is 18.7 Å². The summed E-state index contributed by atoms with van der Waals surface area (Å²) in [4.78, 5) is 60.0. The number of tetrazole rings is 1. The summed E-state index contributed by atoms with van der Waals surface area (Å²) in [6, 6.07) is -0.827. The van der Waals surface area contributed by atoms with E-state index >= 15 is 0 Å². The molecule has 2 aliphatic heterocycles. The van der Waals surface area contributed by atoms with E-state index in [0.29, 0.717) is 58.9 Å². The Morgan fingerprint density at radius 1 is 1.22 bits per heavy atom. The van der Waals surface area contributed by atoms with Gasteiger partial charge in [0.2, 0.25) is 17.4 Å². The first kappa shape index (κ1) is 35.6. The minimum absolute atomic E-state index is 0.0215. The number of β-lactam (4-membered cyclic amide) rings is 1. The summed E-state index contributed by atoms with van der Waals surface area (Å²) >= 11 is 4.02.